The fourth-order valence-corrected chi connectivity index (χ4v) is 0.842. The van der Waals surface area contributed by atoms with E-state index in [1.807, 2.05) is 6.07 Å². The van der Waals surface area contributed by atoms with E-state index in [0.717, 1.165) is 5.01 Å². The Bertz CT molecular complexity index is 261. The van der Waals surface area contributed by atoms with Crippen molar-refractivity contribution >= 4 is 11.7 Å². The molecule has 0 bridgehead atoms. The molecule has 12 heavy (non-hydrogen) atoms. The van der Waals surface area contributed by atoms with Crippen LogP contribution in [0.15, 0.2) is 30.3 Å². The molecule has 1 rings (SSSR count). The van der Waals surface area contributed by atoms with Crippen LogP contribution in [-0.4, -0.2) is 6.03 Å². The zero-order valence-electron chi connectivity index (χ0n) is 6.40. The van der Waals surface area contributed by atoms with Crippen molar-refractivity contribution in [1.82, 2.24) is 5.53 Å². The van der Waals surface area contributed by atoms with Gasteiger partial charge in [-0.25, -0.2) is 9.80 Å². The molecule has 0 aromatic heterocycles. The fraction of sp³-hybridized carbons (Fsp3) is 0. The Morgan fingerprint density at radius 2 is 1.92 bits per heavy atom. The number of hydrazine groups is 2. The highest BCUT2D eigenvalue weighted by molar-refractivity contribution is 5.89. The first-order valence-corrected chi connectivity index (χ1v) is 3.36. The van der Waals surface area contributed by atoms with E-state index in [1.165, 1.54) is 0 Å². The molecule has 0 unspecified atom stereocenters. The molecule has 2 amide bonds. The van der Waals surface area contributed by atoms with Gasteiger partial charge in [0.05, 0.1) is 5.69 Å². The average Bonchev–Trinajstić information content (AvgIpc) is 2.07. The number of nitrogens with two attached hydrogens (primary N) is 2. The van der Waals surface area contributed by atoms with Crippen LogP contribution < -0.4 is 22.1 Å². The van der Waals surface area contributed by atoms with Crippen molar-refractivity contribution in [1.29, 1.82) is 0 Å². The molecule has 0 saturated carbocycles. The summed E-state index contributed by atoms with van der Waals surface area (Å²) in [5, 5.41) is 1.04. The fourth-order valence-electron chi connectivity index (χ4n) is 0.842. The maximum atomic E-state index is 10.7. The minimum Gasteiger partial charge on any atom is -0.350 e. The van der Waals surface area contributed by atoms with Gasteiger partial charge in [0.1, 0.15) is 0 Å². The number of nitrogens with zero attached hydrogens (tertiary/aromatic N) is 1. The predicted octanol–water partition coefficient (Wildman–Crippen LogP) is -0.0500. The maximum Gasteiger partial charge on any atom is 0.334 e. The molecule has 1 aromatic carbocycles. The topological polar surface area (TPSA) is 84.4 Å². The number of para-hydroxylation sites is 1. The summed E-state index contributed by atoms with van der Waals surface area (Å²) in [5.41, 5.74) is 7.80. The van der Waals surface area contributed by atoms with Gasteiger partial charge < -0.3 is 5.73 Å². The van der Waals surface area contributed by atoms with Gasteiger partial charge in [-0.1, -0.05) is 18.2 Å². The van der Waals surface area contributed by atoms with E-state index in [1.54, 1.807) is 24.3 Å². The molecule has 0 saturated heterocycles. The molecule has 0 aliphatic carbocycles. The van der Waals surface area contributed by atoms with Crippen molar-refractivity contribution in [2.45, 2.75) is 0 Å². The Labute approximate surface area is 69.9 Å². The summed E-state index contributed by atoms with van der Waals surface area (Å²) in [4.78, 5) is 10.7. The molecule has 0 aliphatic rings. The summed E-state index contributed by atoms with van der Waals surface area (Å²) in [6.07, 6.45) is 0. The Balaban J connectivity index is 2.88. The second-order valence-corrected chi connectivity index (χ2v) is 2.14. The van der Waals surface area contributed by atoms with Crippen molar-refractivity contribution in [3.05, 3.63) is 30.3 Å². The lowest BCUT2D eigenvalue weighted by molar-refractivity contribution is 0.251. The van der Waals surface area contributed by atoms with Gasteiger partial charge in [-0.3, -0.25) is 5.84 Å². The molecule has 0 fully saturated rings. The quantitative estimate of drug-likeness (QED) is 0.425. The van der Waals surface area contributed by atoms with E-state index in [4.69, 9.17) is 11.6 Å². The van der Waals surface area contributed by atoms with Gasteiger partial charge >= 0.3 is 6.03 Å². The Morgan fingerprint density at radius 1 is 1.33 bits per heavy atom. The zero-order valence-corrected chi connectivity index (χ0v) is 6.40. The molecule has 0 atom stereocenters. The smallest absolute Gasteiger partial charge is 0.334 e. The monoisotopic (exact) mass is 166 g/mol. The molecule has 5 N–H and O–H groups in total. The molecule has 0 radical (unpaired) electrons. The maximum absolute atomic E-state index is 10.7. The Hall–Kier alpha value is -1.59. The normalized spacial score (nSPS) is 9.42. The summed E-state index contributed by atoms with van der Waals surface area (Å²) in [5.74, 6) is 5.08. The van der Waals surface area contributed by atoms with Crippen LogP contribution in [0.3, 0.4) is 0 Å². The number of carbonyl (C=O) groups excluding carboxylic acids is 1. The lowest BCUT2D eigenvalue weighted by Crippen LogP contribution is -2.49. The van der Waals surface area contributed by atoms with Crippen LogP contribution in [0, 0.1) is 0 Å². The first-order chi connectivity index (χ1) is 5.75. The van der Waals surface area contributed by atoms with Gasteiger partial charge in [0, 0.05) is 0 Å². The molecule has 5 nitrogen and oxygen atoms in total. The van der Waals surface area contributed by atoms with Crippen LogP contribution in [0.1, 0.15) is 0 Å². The van der Waals surface area contributed by atoms with Gasteiger partial charge in [0.15, 0.2) is 0 Å². The van der Waals surface area contributed by atoms with Crippen molar-refractivity contribution < 1.29 is 4.79 Å². The van der Waals surface area contributed by atoms with Crippen LogP contribution in [-0.2, 0) is 0 Å². The first-order valence-electron chi connectivity index (χ1n) is 3.36. The third-order valence-electron chi connectivity index (χ3n) is 1.36. The SMILES string of the molecule is NNN(C(N)=O)c1ccccc1. The Morgan fingerprint density at radius 3 is 2.33 bits per heavy atom. The highest BCUT2D eigenvalue weighted by Crippen LogP contribution is 2.08. The van der Waals surface area contributed by atoms with Gasteiger partial charge in [0.2, 0.25) is 0 Å². The number of urea groups is 1. The largest absolute Gasteiger partial charge is 0.350 e. The number of nitrogens with one attached hydrogen (secondary N) is 1. The number of anilines is 1. The minimum absolute atomic E-state index is 0.604. The molecule has 1 aromatic rings. The first kappa shape index (κ1) is 8.51. The summed E-state index contributed by atoms with van der Waals surface area (Å²) < 4.78 is 0. The molecular formula is C7H10N4O. The van der Waals surface area contributed by atoms with Crippen molar-refractivity contribution in [2.24, 2.45) is 11.6 Å². The average molecular weight is 166 g/mol. The molecule has 0 spiro atoms. The van der Waals surface area contributed by atoms with Crippen molar-refractivity contribution in [3.8, 4) is 0 Å². The second kappa shape index (κ2) is 3.70. The summed E-state index contributed by atoms with van der Waals surface area (Å²) in [6, 6.07) is 8.17. The lowest BCUT2D eigenvalue weighted by atomic mass is 10.3. The molecule has 5 heteroatoms. The van der Waals surface area contributed by atoms with Crippen LogP contribution in [0.25, 0.3) is 0 Å². The number of hydrogen-bond acceptors (Lipinski definition) is 3. The minimum atomic E-state index is -0.649. The van der Waals surface area contributed by atoms with Crippen molar-refractivity contribution in [3.63, 3.8) is 0 Å². The van der Waals surface area contributed by atoms with E-state index in [-0.39, 0.29) is 0 Å². The van der Waals surface area contributed by atoms with E-state index < -0.39 is 6.03 Å². The molecular weight excluding hydrogens is 156 g/mol. The van der Waals surface area contributed by atoms with Gasteiger partial charge in [-0.15, -0.1) is 0 Å². The number of carbonyl (C=O) groups is 1. The van der Waals surface area contributed by atoms with Crippen LogP contribution >= 0.6 is 0 Å². The summed E-state index contributed by atoms with van der Waals surface area (Å²) >= 11 is 0. The van der Waals surface area contributed by atoms with Crippen LogP contribution in [0.4, 0.5) is 10.5 Å². The summed E-state index contributed by atoms with van der Waals surface area (Å²) in [6.45, 7) is 0. The van der Waals surface area contributed by atoms with Crippen molar-refractivity contribution in [2.75, 3.05) is 5.01 Å². The van der Waals surface area contributed by atoms with E-state index >= 15 is 0 Å². The highest BCUT2D eigenvalue weighted by Gasteiger charge is 2.08. The zero-order chi connectivity index (χ0) is 8.97. The Kier molecular flexibility index (Phi) is 2.62. The number of amides is 2. The van der Waals surface area contributed by atoms with E-state index in [9.17, 15) is 4.79 Å². The van der Waals surface area contributed by atoms with Gasteiger partial charge in [-0.2, -0.15) is 5.53 Å². The van der Waals surface area contributed by atoms with Crippen LogP contribution in [0.2, 0.25) is 0 Å². The van der Waals surface area contributed by atoms with Crippen LogP contribution in [0.5, 0.6) is 0 Å². The molecule has 64 valence electrons. The lowest BCUT2D eigenvalue weighted by Gasteiger charge is -2.17. The number of benzene rings is 1. The third kappa shape index (κ3) is 1.71. The second-order valence-electron chi connectivity index (χ2n) is 2.14. The summed E-state index contributed by atoms with van der Waals surface area (Å²) in [7, 11) is 0. The highest BCUT2D eigenvalue weighted by atomic mass is 16.2. The third-order valence-corrected chi connectivity index (χ3v) is 1.36. The number of rotatable bonds is 2. The van der Waals surface area contributed by atoms with Gasteiger partial charge in [0.25, 0.3) is 0 Å². The van der Waals surface area contributed by atoms with E-state index in [2.05, 4.69) is 5.53 Å². The standard InChI is InChI=1S/C7H10N4O/c8-7(12)11(10-9)6-4-2-1-3-5-6/h1-5,10H,9H2,(H2,8,12). The molecule has 0 aliphatic heterocycles. The number of primary amides is 1. The predicted molar refractivity (Wildman–Crippen MR) is 45.8 cm³/mol. The number of hydrogen-bond donors (Lipinski definition) is 3. The van der Waals surface area contributed by atoms with E-state index in [0.29, 0.717) is 5.69 Å². The molecule has 0 heterocycles. The van der Waals surface area contributed by atoms with Gasteiger partial charge in [-0.05, 0) is 12.1 Å².